The Kier molecular flexibility index (Phi) is 6.70. The first-order valence-electron chi connectivity index (χ1n) is 5.96. The summed E-state index contributed by atoms with van der Waals surface area (Å²) in [4.78, 5) is 13.2. The van der Waals surface area contributed by atoms with E-state index in [0.717, 1.165) is 17.3 Å². The Hall–Kier alpha value is -0.0400. The molecule has 18 heavy (non-hydrogen) atoms. The monoisotopic (exact) mass is 301 g/mol. The summed E-state index contributed by atoms with van der Waals surface area (Å²) in [6, 6.07) is 0. The molecule has 1 fully saturated rings. The van der Waals surface area contributed by atoms with Gasteiger partial charge in [-0.2, -0.15) is 36.7 Å². The molecule has 1 atom stereocenters. The van der Waals surface area contributed by atoms with Gasteiger partial charge in [0.1, 0.15) is 0 Å². The van der Waals surface area contributed by atoms with Crippen LogP contribution in [0.15, 0.2) is 0 Å². The molecule has 1 saturated heterocycles. The predicted molar refractivity (Wildman–Crippen MR) is 71.1 cm³/mol. The molecule has 0 N–H and O–H groups in total. The van der Waals surface area contributed by atoms with E-state index in [1.807, 2.05) is 11.8 Å². The molecule has 1 rings (SSSR count). The van der Waals surface area contributed by atoms with E-state index < -0.39 is 12.6 Å². The summed E-state index contributed by atoms with van der Waals surface area (Å²) < 4.78 is 36.4. The Balaban J connectivity index is 2.36. The highest BCUT2D eigenvalue weighted by Crippen LogP contribution is 2.27. The number of rotatable bonds is 5. The average Bonchev–Trinajstić information content (AvgIpc) is 2.29. The first kappa shape index (κ1) is 16.0. The van der Waals surface area contributed by atoms with Gasteiger partial charge < -0.3 is 4.90 Å². The van der Waals surface area contributed by atoms with Crippen molar-refractivity contribution >= 4 is 29.4 Å². The molecular weight excluding hydrogens is 283 g/mol. The quantitative estimate of drug-likeness (QED) is 0.778. The van der Waals surface area contributed by atoms with Gasteiger partial charge >= 0.3 is 6.18 Å². The van der Waals surface area contributed by atoms with Crippen molar-refractivity contribution in [3.63, 3.8) is 0 Å². The number of carbonyl (C=O) groups excluding carboxylic acids is 1. The van der Waals surface area contributed by atoms with Gasteiger partial charge in [-0.25, -0.2) is 0 Å². The molecule has 2 nitrogen and oxygen atoms in total. The fraction of sp³-hybridized carbons (Fsp3) is 0.909. The van der Waals surface area contributed by atoms with Gasteiger partial charge in [0.2, 0.25) is 5.91 Å². The van der Waals surface area contributed by atoms with Crippen molar-refractivity contribution in [2.24, 2.45) is 0 Å². The number of hydrogen-bond acceptors (Lipinski definition) is 3. The van der Waals surface area contributed by atoms with Crippen LogP contribution in [0, 0.1) is 0 Å². The fourth-order valence-electron chi connectivity index (χ4n) is 1.70. The number of nitrogens with zero attached hydrogens (tertiary/aromatic N) is 1. The highest BCUT2D eigenvalue weighted by molar-refractivity contribution is 8.06. The summed E-state index contributed by atoms with van der Waals surface area (Å²) in [5, 5.41) is 0.260. The van der Waals surface area contributed by atoms with Crippen LogP contribution in [0.4, 0.5) is 13.2 Å². The largest absolute Gasteiger partial charge is 0.390 e. The zero-order valence-electron chi connectivity index (χ0n) is 10.3. The van der Waals surface area contributed by atoms with Crippen molar-refractivity contribution in [2.75, 3.05) is 30.3 Å². The topological polar surface area (TPSA) is 20.3 Å². The maximum atomic E-state index is 12.1. The van der Waals surface area contributed by atoms with Crippen LogP contribution in [0.3, 0.4) is 0 Å². The SMILES string of the molecule is CCN(CCC(F)(F)F)C(=O)CC1CSCCS1. The van der Waals surface area contributed by atoms with Crippen molar-refractivity contribution in [3.05, 3.63) is 0 Å². The van der Waals surface area contributed by atoms with Gasteiger partial charge in [-0.3, -0.25) is 4.79 Å². The molecule has 1 amide bonds. The summed E-state index contributed by atoms with van der Waals surface area (Å²) in [6.07, 6.45) is -4.74. The highest BCUT2D eigenvalue weighted by atomic mass is 32.2. The highest BCUT2D eigenvalue weighted by Gasteiger charge is 2.29. The molecule has 1 aliphatic heterocycles. The van der Waals surface area contributed by atoms with E-state index in [-0.39, 0.29) is 17.7 Å². The molecule has 0 aromatic heterocycles. The van der Waals surface area contributed by atoms with Gasteiger partial charge in [0.25, 0.3) is 0 Å². The summed E-state index contributed by atoms with van der Waals surface area (Å²) in [5.74, 6) is 2.90. The van der Waals surface area contributed by atoms with Crippen LogP contribution < -0.4 is 0 Å². The van der Waals surface area contributed by atoms with Crippen LogP contribution in [0.1, 0.15) is 19.8 Å². The molecule has 1 aliphatic rings. The lowest BCUT2D eigenvalue weighted by molar-refractivity contribution is -0.145. The van der Waals surface area contributed by atoms with Gasteiger partial charge in [0.05, 0.1) is 6.42 Å². The van der Waals surface area contributed by atoms with Gasteiger partial charge in [-0.1, -0.05) is 0 Å². The summed E-state index contributed by atoms with van der Waals surface area (Å²) in [7, 11) is 0. The normalized spacial score (nSPS) is 20.8. The van der Waals surface area contributed by atoms with Crippen LogP contribution in [0.2, 0.25) is 0 Å². The summed E-state index contributed by atoms with van der Waals surface area (Å²) in [6.45, 7) is 1.85. The minimum Gasteiger partial charge on any atom is -0.343 e. The molecule has 0 aromatic carbocycles. The van der Waals surface area contributed by atoms with Crippen LogP contribution in [0.5, 0.6) is 0 Å². The molecule has 0 spiro atoms. The number of alkyl halides is 3. The molecule has 0 radical (unpaired) electrons. The zero-order valence-corrected chi connectivity index (χ0v) is 12.0. The standard InChI is InChI=1S/C11H18F3NOS2/c1-2-15(4-3-11(12,13)14)10(16)7-9-8-17-5-6-18-9/h9H,2-8H2,1H3. The number of thioether (sulfide) groups is 2. The molecule has 0 aromatic rings. The number of halogens is 3. The summed E-state index contributed by atoms with van der Waals surface area (Å²) >= 11 is 3.56. The Morgan fingerprint density at radius 3 is 2.61 bits per heavy atom. The Bertz CT molecular complexity index is 268. The third kappa shape index (κ3) is 6.22. The fourth-order valence-corrected chi connectivity index (χ4v) is 4.37. The number of amides is 1. The van der Waals surface area contributed by atoms with E-state index in [1.165, 1.54) is 4.90 Å². The van der Waals surface area contributed by atoms with Crippen LogP contribution in [0.25, 0.3) is 0 Å². The summed E-state index contributed by atoms with van der Waals surface area (Å²) in [5.41, 5.74) is 0. The maximum absolute atomic E-state index is 12.1. The number of hydrogen-bond donors (Lipinski definition) is 0. The van der Waals surface area contributed by atoms with E-state index in [2.05, 4.69) is 0 Å². The average molecular weight is 301 g/mol. The molecule has 0 aliphatic carbocycles. The molecule has 7 heteroatoms. The maximum Gasteiger partial charge on any atom is 0.390 e. The van der Waals surface area contributed by atoms with Crippen molar-refractivity contribution in [2.45, 2.75) is 31.2 Å². The lowest BCUT2D eigenvalue weighted by Crippen LogP contribution is -2.36. The molecule has 0 saturated carbocycles. The Morgan fingerprint density at radius 2 is 2.11 bits per heavy atom. The van der Waals surface area contributed by atoms with E-state index in [4.69, 9.17) is 0 Å². The van der Waals surface area contributed by atoms with E-state index >= 15 is 0 Å². The van der Waals surface area contributed by atoms with E-state index in [1.54, 1.807) is 18.7 Å². The van der Waals surface area contributed by atoms with Gasteiger partial charge in [0.15, 0.2) is 0 Å². The van der Waals surface area contributed by atoms with Crippen molar-refractivity contribution < 1.29 is 18.0 Å². The number of carbonyl (C=O) groups is 1. The van der Waals surface area contributed by atoms with E-state index in [0.29, 0.717) is 13.0 Å². The first-order valence-corrected chi connectivity index (χ1v) is 8.16. The third-order valence-corrected chi connectivity index (χ3v) is 5.53. The third-order valence-electron chi connectivity index (χ3n) is 2.69. The molecule has 106 valence electrons. The van der Waals surface area contributed by atoms with E-state index in [9.17, 15) is 18.0 Å². The minimum atomic E-state index is -4.19. The Morgan fingerprint density at radius 1 is 1.39 bits per heavy atom. The van der Waals surface area contributed by atoms with Gasteiger partial charge in [-0.05, 0) is 6.92 Å². The van der Waals surface area contributed by atoms with Crippen LogP contribution >= 0.6 is 23.5 Å². The van der Waals surface area contributed by atoms with Crippen molar-refractivity contribution in [1.82, 2.24) is 4.90 Å². The van der Waals surface area contributed by atoms with Crippen LogP contribution in [-0.4, -0.2) is 52.6 Å². The predicted octanol–water partition coefficient (Wildman–Crippen LogP) is 3.03. The molecule has 0 bridgehead atoms. The lowest BCUT2D eigenvalue weighted by Gasteiger charge is -2.26. The van der Waals surface area contributed by atoms with Gasteiger partial charge in [0, 0.05) is 42.0 Å². The lowest BCUT2D eigenvalue weighted by atomic mass is 10.2. The molecular formula is C11H18F3NOS2. The molecule has 1 unspecified atom stereocenters. The smallest absolute Gasteiger partial charge is 0.343 e. The van der Waals surface area contributed by atoms with Crippen LogP contribution in [-0.2, 0) is 4.79 Å². The zero-order chi connectivity index (χ0) is 13.6. The second kappa shape index (κ2) is 7.53. The minimum absolute atomic E-state index is 0.151. The first-order chi connectivity index (χ1) is 8.42. The van der Waals surface area contributed by atoms with Crippen molar-refractivity contribution in [1.29, 1.82) is 0 Å². The molecule has 1 heterocycles. The second-order valence-corrected chi connectivity index (χ2v) is 6.67. The van der Waals surface area contributed by atoms with Gasteiger partial charge in [-0.15, -0.1) is 0 Å². The Labute approximate surface area is 114 Å². The van der Waals surface area contributed by atoms with Crippen molar-refractivity contribution in [3.8, 4) is 0 Å². The second-order valence-electron chi connectivity index (χ2n) is 4.11.